The van der Waals surface area contributed by atoms with Crippen LogP contribution in [0.3, 0.4) is 0 Å². The van der Waals surface area contributed by atoms with Crippen LogP contribution in [-0.4, -0.2) is 35.7 Å². The van der Waals surface area contributed by atoms with E-state index in [0.717, 1.165) is 10.4 Å². The quantitative estimate of drug-likeness (QED) is 0.888. The highest BCUT2D eigenvalue weighted by molar-refractivity contribution is 7.17. The van der Waals surface area contributed by atoms with Gasteiger partial charge in [-0.1, -0.05) is 0 Å². The first-order chi connectivity index (χ1) is 11.4. The Labute approximate surface area is 143 Å². The fourth-order valence-corrected chi connectivity index (χ4v) is 3.11. The molecule has 1 aromatic carbocycles. The van der Waals surface area contributed by atoms with Crippen LogP contribution in [0.15, 0.2) is 30.3 Å². The fourth-order valence-electron chi connectivity index (χ4n) is 2.21. The Morgan fingerprint density at radius 2 is 1.83 bits per heavy atom. The van der Waals surface area contributed by atoms with Gasteiger partial charge in [-0.25, -0.2) is 4.79 Å². The van der Waals surface area contributed by atoms with E-state index in [2.05, 4.69) is 5.32 Å². The van der Waals surface area contributed by atoms with Crippen LogP contribution in [-0.2, 0) is 4.79 Å². The van der Waals surface area contributed by atoms with Crippen molar-refractivity contribution in [2.24, 2.45) is 0 Å². The van der Waals surface area contributed by atoms with Crippen LogP contribution in [0, 0.1) is 0 Å². The van der Waals surface area contributed by atoms with E-state index >= 15 is 0 Å². The SMILES string of the molecule is CC(C)(NC(=O)c1ccc(-c2ccc3c(c2)OCCO3)s1)C(=O)O. The molecule has 1 aliphatic heterocycles. The Hall–Kier alpha value is -2.54. The van der Waals surface area contributed by atoms with Crippen LogP contribution in [0.25, 0.3) is 10.4 Å². The van der Waals surface area contributed by atoms with Gasteiger partial charge in [0.2, 0.25) is 0 Å². The molecule has 2 aromatic rings. The van der Waals surface area contributed by atoms with E-state index in [0.29, 0.717) is 29.6 Å². The Bertz CT molecular complexity index is 796. The summed E-state index contributed by atoms with van der Waals surface area (Å²) in [4.78, 5) is 24.7. The molecule has 1 amide bonds. The number of hydrogen-bond acceptors (Lipinski definition) is 5. The van der Waals surface area contributed by atoms with E-state index in [1.54, 1.807) is 6.07 Å². The van der Waals surface area contributed by atoms with Crippen molar-refractivity contribution in [1.29, 1.82) is 0 Å². The van der Waals surface area contributed by atoms with Gasteiger partial charge in [-0.05, 0) is 49.7 Å². The molecule has 2 N–H and O–H groups in total. The molecule has 0 atom stereocenters. The third-order valence-electron chi connectivity index (χ3n) is 3.62. The van der Waals surface area contributed by atoms with Gasteiger partial charge >= 0.3 is 5.97 Å². The van der Waals surface area contributed by atoms with E-state index in [1.807, 2.05) is 24.3 Å². The number of carbonyl (C=O) groups is 2. The van der Waals surface area contributed by atoms with Crippen LogP contribution >= 0.6 is 11.3 Å². The first-order valence-corrected chi connectivity index (χ1v) is 8.24. The van der Waals surface area contributed by atoms with Gasteiger partial charge in [0.05, 0.1) is 4.88 Å². The largest absolute Gasteiger partial charge is 0.486 e. The molecular formula is C17H17NO5S. The van der Waals surface area contributed by atoms with Crippen molar-refractivity contribution < 1.29 is 24.2 Å². The molecule has 0 saturated heterocycles. The molecule has 0 fully saturated rings. The van der Waals surface area contributed by atoms with Crippen molar-refractivity contribution >= 4 is 23.2 Å². The number of rotatable bonds is 4. The first-order valence-electron chi connectivity index (χ1n) is 7.42. The molecule has 0 spiro atoms. The zero-order chi connectivity index (χ0) is 17.3. The van der Waals surface area contributed by atoms with Crippen molar-refractivity contribution in [3.63, 3.8) is 0 Å². The number of carboxylic acid groups (broad SMARTS) is 1. The predicted molar refractivity (Wildman–Crippen MR) is 89.9 cm³/mol. The molecule has 0 radical (unpaired) electrons. The van der Waals surface area contributed by atoms with E-state index in [-0.39, 0.29) is 0 Å². The number of carbonyl (C=O) groups excluding carboxylic acids is 1. The summed E-state index contributed by atoms with van der Waals surface area (Å²) >= 11 is 1.30. The van der Waals surface area contributed by atoms with Crippen molar-refractivity contribution in [3.05, 3.63) is 35.2 Å². The molecule has 1 aromatic heterocycles. The number of hydrogen-bond donors (Lipinski definition) is 2. The molecule has 6 nitrogen and oxygen atoms in total. The maximum atomic E-state index is 12.2. The van der Waals surface area contributed by atoms with Gasteiger partial charge in [0.1, 0.15) is 18.8 Å². The monoisotopic (exact) mass is 347 g/mol. The summed E-state index contributed by atoms with van der Waals surface area (Å²) < 4.78 is 11.1. The standard InChI is InChI=1S/C17H17NO5S/c1-17(2,16(20)21)18-15(19)14-6-5-13(24-14)10-3-4-11-12(9-10)23-8-7-22-11/h3-6,9H,7-8H2,1-2H3,(H,18,19)(H,20,21). The zero-order valence-corrected chi connectivity index (χ0v) is 14.1. The Morgan fingerprint density at radius 1 is 1.12 bits per heavy atom. The second-order valence-corrected chi connectivity index (χ2v) is 6.99. The third kappa shape index (κ3) is 3.21. The number of benzene rings is 1. The summed E-state index contributed by atoms with van der Waals surface area (Å²) in [5.74, 6) is -0.0939. The molecule has 24 heavy (non-hydrogen) atoms. The lowest BCUT2D eigenvalue weighted by molar-refractivity contribution is -0.143. The van der Waals surface area contributed by atoms with Gasteiger partial charge in [0, 0.05) is 4.88 Å². The predicted octanol–water partition coefficient (Wildman–Crippen LogP) is 2.78. The summed E-state index contributed by atoms with van der Waals surface area (Å²) in [5.41, 5.74) is -0.404. The Kier molecular flexibility index (Phi) is 4.19. The number of amides is 1. The molecule has 2 heterocycles. The summed E-state index contributed by atoms with van der Waals surface area (Å²) in [6.07, 6.45) is 0. The van der Waals surface area contributed by atoms with Crippen molar-refractivity contribution in [2.75, 3.05) is 13.2 Å². The van der Waals surface area contributed by atoms with Crippen LogP contribution in [0.1, 0.15) is 23.5 Å². The average molecular weight is 347 g/mol. The lowest BCUT2D eigenvalue weighted by Gasteiger charge is -2.20. The first kappa shape index (κ1) is 16.3. The summed E-state index contributed by atoms with van der Waals surface area (Å²) in [7, 11) is 0. The average Bonchev–Trinajstić information content (AvgIpc) is 3.04. The van der Waals surface area contributed by atoms with Crippen LogP contribution in [0.2, 0.25) is 0 Å². The highest BCUT2D eigenvalue weighted by atomic mass is 32.1. The number of thiophene rings is 1. The lowest BCUT2D eigenvalue weighted by Crippen LogP contribution is -2.49. The molecule has 1 aliphatic rings. The minimum atomic E-state index is -1.32. The smallest absolute Gasteiger partial charge is 0.328 e. The molecule has 126 valence electrons. The Balaban J connectivity index is 1.81. The minimum Gasteiger partial charge on any atom is -0.486 e. The van der Waals surface area contributed by atoms with Gasteiger partial charge in [-0.3, -0.25) is 4.79 Å². The van der Waals surface area contributed by atoms with Crippen molar-refractivity contribution in [3.8, 4) is 21.9 Å². The Morgan fingerprint density at radius 3 is 2.54 bits per heavy atom. The van der Waals surface area contributed by atoms with E-state index < -0.39 is 17.4 Å². The lowest BCUT2D eigenvalue weighted by atomic mass is 10.1. The number of fused-ring (bicyclic) bond motifs is 1. The van der Waals surface area contributed by atoms with Crippen LogP contribution in [0.5, 0.6) is 11.5 Å². The van der Waals surface area contributed by atoms with Gasteiger partial charge in [0.25, 0.3) is 5.91 Å². The molecular weight excluding hydrogens is 330 g/mol. The van der Waals surface area contributed by atoms with Crippen LogP contribution < -0.4 is 14.8 Å². The highest BCUT2D eigenvalue weighted by Gasteiger charge is 2.29. The van der Waals surface area contributed by atoms with E-state index in [1.165, 1.54) is 25.2 Å². The van der Waals surface area contributed by atoms with Crippen LogP contribution in [0.4, 0.5) is 0 Å². The number of aliphatic carboxylic acids is 1. The molecule has 0 bridgehead atoms. The summed E-state index contributed by atoms with van der Waals surface area (Å²) in [6, 6.07) is 9.14. The van der Waals surface area contributed by atoms with Gasteiger partial charge in [-0.2, -0.15) is 0 Å². The second-order valence-electron chi connectivity index (χ2n) is 5.91. The van der Waals surface area contributed by atoms with Gasteiger partial charge in [-0.15, -0.1) is 11.3 Å². The van der Waals surface area contributed by atoms with Crippen molar-refractivity contribution in [1.82, 2.24) is 5.32 Å². The normalized spacial score (nSPS) is 13.4. The number of ether oxygens (including phenoxy) is 2. The molecule has 3 rings (SSSR count). The van der Waals surface area contributed by atoms with Gasteiger partial charge in [0.15, 0.2) is 11.5 Å². The topological polar surface area (TPSA) is 84.9 Å². The van der Waals surface area contributed by atoms with E-state index in [4.69, 9.17) is 14.6 Å². The zero-order valence-electron chi connectivity index (χ0n) is 13.3. The summed E-state index contributed by atoms with van der Waals surface area (Å²) in [6.45, 7) is 3.94. The molecule has 0 aliphatic carbocycles. The molecule has 7 heteroatoms. The maximum absolute atomic E-state index is 12.2. The maximum Gasteiger partial charge on any atom is 0.328 e. The van der Waals surface area contributed by atoms with E-state index in [9.17, 15) is 9.59 Å². The number of carboxylic acids is 1. The minimum absolute atomic E-state index is 0.406. The highest BCUT2D eigenvalue weighted by Crippen LogP contribution is 2.36. The number of nitrogens with one attached hydrogen (secondary N) is 1. The third-order valence-corrected chi connectivity index (χ3v) is 4.75. The summed E-state index contributed by atoms with van der Waals surface area (Å²) in [5, 5.41) is 11.6. The fraction of sp³-hybridized carbons (Fsp3) is 0.294. The second kappa shape index (κ2) is 6.16. The van der Waals surface area contributed by atoms with Crippen molar-refractivity contribution in [2.45, 2.75) is 19.4 Å². The molecule has 0 saturated carbocycles. The molecule has 0 unspecified atom stereocenters. The van der Waals surface area contributed by atoms with Gasteiger partial charge < -0.3 is 19.9 Å².